The Kier molecular flexibility index (Phi) is 5.62. The normalized spacial score (nSPS) is 17.1. The number of anilines is 1. The molecular formula is C27H19FN2O5. The van der Waals surface area contributed by atoms with E-state index in [1.54, 1.807) is 43.3 Å². The van der Waals surface area contributed by atoms with Crippen LogP contribution in [0, 0.1) is 12.7 Å². The van der Waals surface area contributed by atoms with Crippen LogP contribution in [-0.4, -0.2) is 22.0 Å². The van der Waals surface area contributed by atoms with Gasteiger partial charge in [-0.25, -0.2) is 4.39 Å². The van der Waals surface area contributed by atoms with Gasteiger partial charge in [0.15, 0.2) is 5.82 Å². The minimum Gasteiger partial charge on any atom is -0.507 e. The number of Topliss-reactive ketones (excluding diaryl/α,β-unsaturated/α-hetero) is 1. The molecule has 0 radical (unpaired) electrons. The fraction of sp³-hybridized carbons (Fsp3) is 0.0741. The molecule has 1 fully saturated rings. The lowest BCUT2D eigenvalue weighted by atomic mass is 9.95. The van der Waals surface area contributed by atoms with Crippen molar-refractivity contribution in [3.05, 3.63) is 113 Å². The summed E-state index contributed by atoms with van der Waals surface area (Å²) in [7, 11) is 0. The Balaban J connectivity index is 1.65. The molecule has 5 rings (SSSR count). The third-order valence-corrected chi connectivity index (χ3v) is 5.58. The second-order valence-corrected chi connectivity index (χ2v) is 7.96. The summed E-state index contributed by atoms with van der Waals surface area (Å²) in [5.41, 5.74) is 0.545. The summed E-state index contributed by atoms with van der Waals surface area (Å²) in [6, 6.07) is 21.5. The van der Waals surface area contributed by atoms with E-state index in [1.165, 1.54) is 23.1 Å². The molecule has 0 unspecified atom stereocenters. The first-order chi connectivity index (χ1) is 16.9. The van der Waals surface area contributed by atoms with Crippen molar-refractivity contribution < 1.29 is 28.3 Å². The number of aromatic nitrogens is 1. The Morgan fingerprint density at radius 3 is 2.37 bits per heavy atom. The van der Waals surface area contributed by atoms with E-state index in [0.717, 1.165) is 12.1 Å². The predicted molar refractivity (Wildman–Crippen MR) is 125 cm³/mol. The van der Waals surface area contributed by atoms with E-state index in [1.807, 2.05) is 18.2 Å². The number of halogens is 1. The van der Waals surface area contributed by atoms with Gasteiger partial charge < -0.3 is 14.4 Å². The summed E-state index contributed by atoms with van der Waals surface area (Å²) in [5, 5.41) is 15.0. The Labute approximate surface area is 199 Å². The number of aliphatic hydroxyl groups excluding tert-OH is 1. The first-order valence-corrected chi connectivity index (χ1v) is 10.8. The molecule has 1 aromatic heterocycles. The highest BCUT2D eigenvalue weighted by Crippen LogP contribution is 2.42. The van der Waals surface area contributed by atoms with Crippen molar-refractivity contribution in [2.75, 3.05) is 4.90 Å². The molecule has 0 saturated carbocycles. The Morgan fingerprint density at radius 1 is 0.971 bits per heavy atom. The molecule has 1 N–H and O–H groups in total. The average Bonchev–Trinajstić information content (AvgIpc) is 3.40. The van der Waals surface area contributed by atoms with Gasteiger partial charge in [-0.15, -0.1) is 0 Å². The summed E-state index contributed by atoms with van der Waals surface area (Å²) in [4.78, 5) is 27.5. The maximum absolute atomic E-state index is 13.5. The molecule has 3 aromatic carbocycles. The molecule has 1 atom stereocenters. The van der Waals surface area contributed by atoms with E-state index in [-0.39, 0.29) is 17.0 Å². The van der Waals surface area contributed by atoms with E-state index in [4.69, 9.17) is 9.26 Å². The van der Waals surface area contributed by atoms with Gasteiger partial charge in [-0.05, 0) is 61.0 Å². The molecule has 35 heavy (non-hydrogen) atoms. The molecule has 2 heterocycles. The molecule has 7 nitrogen and oxygen atoms in total. The Morgan fingerprint density at radius 2 is 1.69 bits per heavy atom. The van der Waals surface area contributed by atoms with Crippen LogP contribution in [0.5, 0.6) is 11.5 Å². The van der Waals surface area contributed by atoms with Crippen molar-refractivity contribution in [2.45, 2.75) is 13.0 Å². The fourth-order valence-electron chi connectivity index (χ4n) is 3.99. The van der Waals surface area contributed by atoms with Crippen molar-refractivity contribution in [3.63, 3.8) is 0 Å². The highest BCUT2D eigenvalue weighted by atomic mass is 19.1. The number of benzene rings is 3. The van der Waals surface area contributed by atoms with Crippen molar-refractivity contribution in [3.8, 4) is 11.5 Å². The maximum Gasteiger partial charge on any atom is 0.301 e. The zero-order valence-electron chi connectivity index (χ0n) is 18.5. The molecule has 0 spiro atoms. The zero-order chi connectivity index (χ0) is 24.5. The van der Waals surface area contributed by atoms with Crippen LogP contribution in [0.2, 0.25) is 0 Å². The van der Waals surface area contributed by atoms with Crippen LogP contribution in [0.1, 0.15) is 22.9 Å². The number of aryl methyl sites for hydroxylation is 1. The Bertz CT molecular complexity index is 1440. The van der Waals surface area contributed by atoms with Gasteiger partial charge in [0.1, 0.15) is 28.8 Å². The summed E-state index contributed by atoms with van der Waals surface area (Å²) < 4.78 is 24.5. The number of ketones is 1. The third-order valence-electron chi connectivity index (χ3n) is 5.58. The quantitative estimate of drug-likeness (QED) is 0.234. The number of aliphatic hydroxyl groups is 1. The second kappa shape index (κ2) is 8.90. The summed E-state index contributed by atoms with van der Waals surface area (Å²) in [6.07, 6.45) is 0. The number of rotatable bonds is 5. The second-order valence-electron chi connectivity index (χ2n) is 7.96. The van der Waals surface area contributed by atoms with Gasteiger partial charge in [0.25, 0.3) is 5.78 Å². The molecule has 1 amide bonds. The molecule has 0 bridgehead atoms. The van der Waals surface area contributed by atoms with Gasteiger partial charge in [-0.1, -0.05) is 35.5 Å². The lowest BCUT2D eigenvalue weighted by Gasteiger charge is -2.23. The van der Waals surface area contributed by atoms with Crippen LogP contribution in [0.3, 0.4) is 0 Å². The standard InChI is InChI=1S/C27H19FN2O5/c1-16-14-22(29-35-16)30-24(18-6-5-9-21(15-18)34-20-7-3-2-4-8-20)23(26(32)27(30)33)25(31)17-10-12-19(28)13-11-17/h2-15,24,31H,1H3/b25-23+/t24-/m0/s1. The van der Waals surface area contributed by atoms with E-state index in [9.17, 15) is 19.1 Å². The lowest BCUT2D eigenvalue weighted by molar-refractivity contribution is -0.132. The molecule has 0 aliphatic carbocycles. The smallest absolute Gasteiger partial charge is 0.301 e. The molecule has 1 saturated heterocycles. The summed E-state index contributed by atoms with van der Waals surface area (Å²) in [5.74, 6) is -1.04. The van der Waals surface area contributed by atoms with Crippen LogP contribution in [0.15, 0.2) is 95.0 Å². The van der Waals surface area contributed by atoms with Gasteiger partial charge in [0, 0.05) is 11.6 Å². The molecule has 1 aliphatic heterocycles. The molecule has 4 aromatic rings. The number of nitrogens with zero attached hydrogens (tertiary/aromatic N) is 2. The van der Waals surface area contributed by atoms with E-state index >= 15 is 0 Å². The van der Waals surface area contributed by atoms with E-state index in [0.29, 0.717) is 22.8 Å². The van der Waals surface area contributed by atoms with E-state index in [2.05, 4.69) is 5.16 Å². The molecular weight excluding hydrogens is 451 g/mol. The summed E-state index contributed by atoms with van der Waals surface area (Å²) >= 11 is 0. The third kappa shape index (κ3) is 4.17. The highest BCUT2D eigenvalue weighted by Gasteiger charge is 2.48. The SMILES string of the molecule is Cc1cc(N2C(=O)C(=O)/C(=C(/O)c3ccc(F)cc3)[C@@H]2c2cccc(Oc3ccccc3)c2)no1. The average molecular weight is 470 g/mol. The van der Waals surface area contributed by atoms with Crippen molar-refractivity contribution in [1.29, 1.82) is 0 Å². The van der Waals surface area contributed by atoms with Crippen LogP contribution in [-0.2, 0) is 9.59 Å². The zero-order valence-corrected chi connectivity index (χ0v) is 18.5. The van der Waals surface area contributed by atoms with Gasteiger partial charge in [0.2, 0.25) is 0 Å². The first-order valence-electron chi connectivity index (χ1n) is 10.8. The van der Waals surface area contributed by atoms with Crippen LogP contribution in [0.4, 0.5) is 10.2 Å². The topological polar surface area (TPSA) is 92.9 Å². The molecule has 8 heteroatoms. The van der Waals surface area contributed by atoms with Gasteiger partial charge in [-0.3, -0.25) is 14.5 Å². The number of ether oxygens (including phenoxy) is 1. The number of carbonyl (C=O) groups excluding carboxylic acids is 2. The largest absolute Gasteiger partial charge is 0.507 e. The molecule has 174 valence electrons. The monoisotopic (exact) mass is 470 g/mol. The van der Waals surface area contributed by atoms with E-state index < -0.39 is 29.3 Å². The van der Waals surface area contributed by atoms with Gasteiger partial charge in [-0.2, -0.15) is 0 Å². The fourth-order valence-corrected chi connectivity index (χ4v) is 3.99. The van der Waals surface area contributed by atoms with Gasteiger partial charge >= 0.3 is 5.91 Å². The van der Waals surface area contributed by atoms with Gasteiger partial charge in [0.05, 0.1) is 11.6 Å². The predicted octanol–water partition coefficient (Wildman–Crippen LogP) is 5.54. The minimum atomic E-state index is -1.02. The number of para-hydroxylation sites is 1. The number of hydrogen-bond donors (Lipinski definition) is 1. The van der Waals surface area contributed by atoms with Crippen LogP contribution >= 0.6 is 0 Å². The lowest BCUT2D eigenvalue weighted by Crippen LogP contribution is -2.29. The minimum absolute atomic E-state index is 0.127. The van der Waals surface area contributed by atoms with Crippen molar-refractivity contribution in [2.24, 2.45) is 0 Å². The van der Waals surface area contributed by atoms with Crippen LogP contribution in [0.25, 0.3) is 5.76 Å². The first kappa shape index (κ1) is 22.1. The number of carbonyl (C=O) groups is 2. The number of amides is 1. The highest BCUT2D eigenvalue weighted by molar-refractivity contribution is 6.51. The summed E-state index contributed by atoms with van der Waals surface area (Å²) in [6.45, 7) is 1.66. The van der Waals surface area contributed by atoms with Crippen molar-refractivity contribution in [1.82, 2.24) is 5.16 Å². The maximum atomic E-state index is 13.5. The molecule has 1 aliphatic rings. The van der Waals surface area contributed by atoms with Crippen LogP contribution < -0.4 is 9.64 Å². The number of hydrogen-bond acceptors (Lipinski definition) is 6. The Hall–Kier alpha value is -4.72. The van der Waals surface area contributed by atoms with Crippen molar-refractivity contribution >= 4 is 23.3 Å².